The largest absolute Gasteiger partial charge is 0.467 e. The van der Waals surface area contributed by atoms with Gasteiger partial charge in [0.2, 0.25) is 0 Å². The van der Waals surface area contributed by atoms with Crippen molar-refractivity contribution in [3.63, 3.8) is 0 Å². The van der Waals surface area contributed by atoms with Crippen LogP contribution in [0.1, 0.15) is 17.0 Å². The standard InChI is InChI=1S/C20H16ClN5O/c1-12-13(2)25(10-14-6-5-9-27-14)19-17(12)20-23-18(24-26(20)11-22-19)15-7-3-4-8-16(15)21/h3-9,11H,10H2,1-2H3. The maximum atomic E-state index is 6.33. The molecule has 4 heterocycles. The molecular weight excluding hydrogens is 362 g/mol. The van der Waals surface area contributed by atoms with Gasteiger partial charge >= 0.3 is 0 Å². The molecule has 0 unspecified atom stereocenters. The lowest BCUT2D eigenvalue weighted by molar-refractivity contribution is 0.494. The maximum Gasteiger partial charge on any atom is 0.183 e. The van der Waals surface area contributed by atoms with E-state index in [1.165, 1.54) is 0 Å². The van der Waals surface area contributed by atoms with Crippen molar-refractivity contribution in [2.24, 2.45) is 0 Å². The van der Waals surface area contributed by atoms with Gasteiger partial charge in [-0.2, -0.15) is 0 Å². The number of fused-ring (bicyclic) bond motifs is 3. The second kappa shape index (κ2) is 5.96. The number of furan rings is 1. The van der Waals surface area contributed by atoms with Crippen LogP contribution in [-0.4, -0.2) is 24.1 Å². The zero-order valence-corrected chi connectivity index (χ0v) is 15.6. The summed E-state index contributed by atoms with van der Waals surface area (Å²) in [4.78, 5) is 9.42. The lowest BCUT2D eigenvalue weighted by Crippen LogP contribution is -2.02. The molecule has 0 aliphatic carbocycles. The summed E-state index contributed by atoms with van der Waals surface area (Å²) in [5, 5.41) is 6.20. The predicted octanol–water partition coefficient (Wildman–Crippen LogP) is 4.66. The van der Waals surface area contributed by atoms with Crippen LogP contribution in [0, 0.1) is 13.8 Å². The predicted molar refractivity (Wildman–Crippen MR) is 104 cm³/mol. The molecule has 6 nitrogen and oxygen atoms in total. The van der Waals surface area contributed by atoms with Crippen molar-refractivity contribution in [2.75, 3.05) is 0 Å². The van der Waals surface area contributed by atoms with Crippen LogP contribution in [0.2, 0.25) is 5.02 Å². The van der Waals surface area contributed by atoms with Crippen molar-refractivity contribution in [3.05, 3.63) is 71.0 Å². The molecule has 5 rings (SSSR count). The van der Waals surface area contributed by atoms with E-state index in [1.807, 2.05) is 36.4 Å². The van der Waals surface area contributed by atoms with E-state index in [0.717, 1.165) is 39.3 Å². The number of hydrogen-bond donors (Lipinski definition) is 0. The molecule has 0 atom stereocenters. The minimum absolute atomic E-state index is 0.589. The highest BCUT2D eigenvalue weighted by Gasteiger charge is 2.19. The van der Waals surface area contributed by atoms with Crippen molar-refractivity contribution < 1.29 is 4.42 Å². The van der Waals surface area contributed by atoms with Gasteiger partial charge in [0.15, 0.2) is 11.5 Å². The van der Waals surface area contributed by atoms with Crippen molar-refractivity contribution in [1.29, 1.82) is 0 Å². The van der Waals surface area contributed by atoms with Gasteiger partial charge in [0.25, 0.3) is 0 Å². The molecule has 0 N–H and O–H groups in total. The molecule has 0 saturated carbocycles. The Morgan fingerprint density at radius 3 is 2.70 bits per heavy atom. The highest BCUT2D eigenvalue weighted by molar-refractivity contribution is 6.33. The first-order chi connectivity index (χ1) is 13.1. The summed E-state index contributed by atoms with van der Waals surface area (Å²) in [6.45, 7) is 4.79. The average Bonchev–Trinajstić information content (AvgIpc) is 3.38. The summed E-state index contributed by atoms with van der Waals surface area (Å²) in [6, 6.07) is 11.4. The molecule has 1 aromatic carbocycles. The van der Waals surface area contributed by atoms with Crippen LogP contribution < -0.4 is 0 Å². The molecule has 134 valence electrons. The Morgan fingerprint density at radius 1 is 1.07 bits per heavy atom. The second-order valence-corrected chi connectivity index (χ2v) is 6.91. The number of rotatable bonds is 3. The van der Waals surface area contributed by atoms with Crippen LogP contribution in [-0.2, 0) is 6.54 Å². The van der Waals surface area contributed by atoms with Crippen LogP contribution in [0.15, 0.2) is 53.4 Å². The number of nitrogens with zero attached hydrogens (tertiary/aromatic N) is 5. The fourth-order valence-electron chi connectivity index (χ4n) is 3.44. The van der Waals surface area contributed by atoms with Gasteiger partial charge in [0.1, 0.15) is 17.7 Å². The summed E-state index contributed by atoms with van der Waals surface area (Å²) in [5.74, 6) is 1.47. The third kappa shape index (κ3) is 2.44. The molecule has 0 radical (unpaired) electrons. The Labute approximate surface area is 160 Å². The van der Waals surface area contributed by atoms with E-state index in [-0.39, 0.29) is 0 Å². The van der Waals surface area contributed by atoms with E-state index in [2.05, 4.69) is 28.5 Å². The Balaban J connectivity index is 1.74. The summed E-state index contributed by atoms with van der Waals surface area (Å²) >= 11 is 6.33. The maximum absolute atomic E-state index is 6.33. The summed E-state index contributed by atoms with van der Waals surface area (Å²) in [7, 11) is 0. The first kappa shape index (κ1) is 16.1. The van der Waals surface area contributed by atoms with E-state index < -0.39 is 0 Å². The van der Waals surface area contributed by atoms with Crippen LogP contribution >= 0.6 is 11.6 Å². The number of aromatic nitrogens is 5. The number of benzene rings is 1. The molecule has 7 heteroatoms. The highest BCUT2D eigenvalue weighted by Crippen LogP contribution is 2.30. The zero-order chi connectivity index (χ0) is 18.5. The van der Waals surface area contributed by atoms with Gasteiger partial charge in [-0.05, 0) is 43.7 Å². The van der Waals surface area contributed by atoms with E-state index >= 15 is 0 Å². The summed E-state index contributed by atoms with van der Waals surface area (Å²) < 4.78 is 9.38. The minimum Gasteiger partial charge on any atom is -0.467 e. The molecule has 0 aliphatic rings. The third-order valence-electron chi connectivity index (χ3n) is 4.95. The topological polar surface area (TPSA) is 61.2 Å². The minimum atomic E-state index is 0.589. The van der Waals surface area contributed by atoms with Gasteiger partial charge in [-0.3, -0.25) is 0 Å². The van der Waals surface area contributed by atoms with Crippen LogP contribution in [0.3, 0.4) is 0 Å². The van der Waals surface area contributed by atoms with Crippen molar-refractivity contribution >= 4 is 28.3 Å². The SMILES string of the molecule is Cc1c(C)n(Cc2ccco2)c2ncn3nc(-c4ccccc4Cl)nc3c12. The Hall–Kier alpha value is -3.12. The zero-order valence-electron chi connectivity index (χ0n) is 14.8. The van der Waals surface area contributed by atoms with E-state index in [4.69, 9.17) is 21.0 Å². The van der Waals surface area contributed by atoms with Crippen molar-refractivity contribution in [1.82, 2.24) is 24.1 Å². The average molecular weight is 378 g/mol. The molecule has 27 heavy (non-hydrogen) atoms. The Morgan fingerprint density at radius 2 is 1.93 bits per heavy atom. The molecule has 0 fully saturated rings. The molecule has 0 amide bonds. The fourth-order valence-corrected chi connectivity index (χ4v) is 3.66. The summed E-state index contributed by atoms with van der Waals surface area (Å²) in [5.41, 5.74) is 4.71. The monoisotopic (exact) mass is 377 g/mol. The normalized spacial score (nSPS) is 11.7. The fraction of sp³-hybridized carbons (Fsp3) is 0.150. The Bertz CT molecular complexity index is 1280. The molecule has 5 aromatic rings. The first-order valence-electron chi connectivity index (χ1n) is 8.61. The number of aryl methyl sites for hydroxylation is 1. The Kier molecular flexibility index (Phi) is 3.55. The number of halogens is 1. The van der Waals surface area contributed by atoms with E-state index in [1.54, 1.807) is 17.1 Å². The van der Waals surface area contributed by atoms with Gasteiger partial charge < -0.3 is 8.98 Å². The second-order valence-electron chi connectivity index (χ2n) is 6.50. The van der Waals surface area contributed by atoms with Crippen LogP contribution in [0.4, 0.5) is 0 Å². The van der Waals surface area contributed by atoms with Gasteiger partial charge in [0.05, 0.1) is 23.2 Å². The van der Waals surface area contributed by atoms with Crippen LogP contribution in [0.25, 0.3) is 28.1 Å². The van der Waals surface area contributed by atoms with Crippen molar-refractivity contribution in [3.8, 4) is 11.4 Å². The van der Waals surface area contributed by atoms with Gasteiger partial charge in [0, 0.05) is 11.3 Å². The van der Waals surface area contributed by atoms with Gasteiger partial charge in [-0.1, -0.05) is 23.7 Å². The molecular formula is C20H16ClN5O. The molecule has 4 aromatic heterocycles. The molecule has 0 spiro atoms. The lowest BCUT2D eigenvalue weighted by atomic mass is 10.2. The quantitative estimate of drug-likeness (QED) is 0.459. The van der Waals surface area contributed by atoms with Crippen LogP contribution in [0.5, 0.6) is 0 Å². The highest BCUT2D eigenvalue weighted by atomic mass is 35.5. The molecule has 0 saturated heterocycles. The smallest absolute Gasteiger partial charge is 0.183 e. The van der Waals surface area contributed by atoms with E-state index in [9.17, 15) is 0 Å². The lowest BCUT2D eigenvalue weighted by Gasteiger charge is -2.05. The number of hydrogen-bond acceptors (Lipinski definition) is 4. The van der Waals surface area contributed by atoms with Gasteiger partial charge in [-0.15, -0.1) is 5.10 Å². The third-order valence-corrected chi connectivity index (χ3v) is 5.28. The molecule has 0 bridgehead atoms. The van der Waals surface area contributed by atoms with Gasteiger partial charge in [-0.25, -0.2) is 14.5 Å². The first-order valence-corrected chi connectivity index (χ1v) is 8.99. The van der Waals surface area contributed by atoms with Crippen molar-refractivity contribution in [2.45, 2.75) is 20.4 Å². The molecule has 0 aliphatic heterocycles. The van der Waals surface area contributed by atoms with E-state index in [0.29, 0.717) is 17.4 Å². The summed E-state index contributed by atoms with van der Waals surface area (Å²) in [6.07, 6.45) is 3.38.